The molecule has 2 aromatic heterocycles. The zero-order valence-corrected chi connectivity index (χ0v) is 18.2. The lowest BCUT2D eigenvalue weighted by molar-refractivity contribution is 0.656. The van der Waals surface area contributed by atoms with E-state index in [-0.39, 0.29) is 0 Å². The summed E-state index contributed by atoms with van der Waals surface area (Å²) in [5, 5.41) is 10.0. The van der Waals surface area contributed by atoms with Gasteiger partial charge in [0, 0.05) is 24.4 Å². The van der Waals surface area contributed by atoms with Gasteiger partial charge in [0.25, 0.3) is 0 Å². The van der Waals surface area contributed by atoms with Crippen LogP contribution in [-0.4, -0.2) is 24.3 Å². The highest BCUT2D eigenvalue weighted by Gasteiger charge is 2.16. The number of aryl methyl sites for hydroxylation is 3. The second-order valence-corrected chi connectivity index (χ2v) is 8.34. The van der Waals surface area contributed by atoms with E-state index in [0.29, 0.717) is 0 Å². The standard InChI is InChI=1S/C25H23N5S/c1-19-26-22-14-8-9-15-23(22)29(19)17-16-24-27-28-25(30(24)21-12-6-3-7-13-21)31-18-20-10-4-2-5-11-20/h2-15H,16-18H2,1H3. The number of thioether (sulfide) groups is 1. The molecule has 5 rings (SSSR count). The zero-order valence-electron chi connectivity index (χ0n) is 17.3. The van der Waals surface area contributed by atoms with E-state index in [4.69, 9.17) is 4.98 Å². The van der Waals surface area contributed by atoms with Gasteiger partial charge in [0.1, 0.15) is 11.6 Å². The normalized spacial score (nSPS) is 11.3. The summed E-state index contributed by atoms with van der Waals surface area (Å²) in [6.07, 6.45) is 0.773. The number of hydrogen-bond donors (Lipinski definition) is 0. The molecular formula is C25H23N5S. The summed E-state index contributed by atoms with van der Waals surface area (Å²) in [6.45, 7) is 2.86. The van der Waals surface area contributed by atoms with E-state index >= 15 is 0 Å². The summed E-state index contributed by atoms with van der Waals surface area (Å²) in [5.41, 5.74) is 4.55. The highest BCUT2D eigenvalue weighted by Crippen LogP contribution is 2.26. The summed E-state index contributed by atoms with van der Waals surface area (Å²) in [6, 6.07) is 29.1. The molecule has 0 saturated carbocycles. The SMILES string of the molecule is Cc1nc2ccccc2n1CCc1nnc(SCc2ccccc2)n1-c1ccccc1. The van der Waals surface area contributed by atoms with E-state index in [1.165, 1.54) is 5.56 Å². The van der Waals surface area contributed by atoms with Crippen LogP contribution in [0.5, 0.6) is 0 Å². The van der Waals surface area contributed by atoms with Gasteiger partial charge < -0.3 is 4.57 Å². The van der Waals surface area contributed by atoms with Gasteiger partial charge in [-0.1, -0.05) is 72.4 Å². The third-order valence-electron chi connectivity index (χ3n) is 5.33. The molecule has 0 fully saturated rings. The summed E-state index contributed by atoms with van der Waals surface area (Å²) in [4.78, 5) is 4.69. The summed E-state index contributed by atoms with van der Waals surface area (Å²) < 4.78 is 4.44. The Morgan fingerprint density at radius 2 is 1.52 bits per heavy atom. The number of hydrogen-bond acceptors (Lipinski definition) is 4. The molecule has 5 aromatic rings. The van der Waals surface area contributed by atoms with Crippen LogP contribution >= 0.6 is 11.8 Å². The molecule has 0 N–H and O–H groups in total. The molecule has 0 aliphatic carbocycles. The van der Waals surface area contributed by atoms with Crippen molar-refractivity contribution in [3.8, 4) is 5.69 Å². The van der Waals surface area contributed by atoms with Crippen molar-refractivity contribution in [2.24, 2.45) is 0 Å². The van der Waals surface area contributed by atoms with Gasteiger partial charge in [-0.25, -0.2) is 4.98 Å². The van der Waals surface area contributed by atoms with Crippen molar-refractivity contribution in [2.75, 3.05) is 0 Å². The molecule has 0 spiro atoms. The Morgan fingerprint density at radius 1 is 0.806 bits per heavy atom. The van der Waals surface area contributed by atoms with Gasteiger partial charge in [-0.2, -0.15) is 0 Å². The van der Waals surface area contributed by atoms with Crippen molar-refractivity contribution in [1.82, 2.24) is 24.3 Å². The Bertz CT molecular complexity index is 1290. The van der Waals surface area contributed by atoms with E-state index in [9.17, 15) is 0 Å². The van der Waals surface area contributed by atoms with Crippen molar-refractivity contribution in [3.63, 3.8) is 0 Å². The molecule has 6 heteroatoms. The zero-order chi connectivity index (χ0) is 21.0. The highest BCUT2D eigenvalue weighted by molar-refractivity contribution is 7.98. The van der Waals surface area contributed by atoms with Crippen LogP contribution < -0.4 is 0 Å². The summed E-state index contributed by atoms with van der Waals surface area (Å²) >= 11 is 1.72. The van der Waals surface area contributed by atoms with Crippen molar-refractivity contribution in [2.45, 2.75) is 30.8 Å². The third-order valence-corrected chi connectivity index (χ3v) is 6.33. The van der Waals surface area contributed by atoms with Crippen LogP contribution in [0, 0.1) is 6.92 Å². The number of nitrogens with zero attached hydrogens (tertiary/aromatic N) is 5. The Morgan fingerprint density at radius 3 is 2.32 bits per heavy atom. The predicted molar refractivity (Wildman–Crippen MR) is 126 cm³/mol. The van der Waals surface area contributed by atoms with Crippen molar-refractivity contribution in [3.05, 3.63) is 102 Å². The third kappa shape index (κ3) is 4.11. The van der Waals surface area contributed by atoms with Gasteiger partial charge in [0.15, 0.2) is 5.16 Å². The first-order chi connectivity index (χ1) is 15.3. The second-order valence-electron chi connectivity index (χ2n) is 7.39. The molecule has 0 unspecified atom stereocenters. The maximum absolute atomic E-state index is 4.69. The lowest BCUT2D eigenvalue weighted by Crippen LogP contribution is -2.09. The van der Waals surface area contributed by atoms with Crippen LogP contribution in [0.25, 0.3) is 16.7 Å². The van der Waals surface area contributed by atoms with Crippen molar-refractivity contribution in [1.29, 1.82) is 0 Å². The monoisotopic (exact) mass is 425 g/mol. The molecule has 0 bridgehead atoms. The average Bonchev–Trinajstić information content (AvgIpc) is 3.37. The molecule has 3 aromatic carbocycles. The van der Waals surface area contributed by atoms with Gasteiger partial charge in [-0.3, -0.25) is 4.57 Å². The van der Waals surface area contributed by atoms with Crippen LogP contribution in [0.3, 0.4) is 0 Å². The van der Waals surface area contributed by atoms with Crippen LogP contribution in [0.15, 0.2) is 90.1 Å². The summed E-state index contributed by atoms with van der Waals surface area (Å²) in [5.74, 6) is 2.83. The Labute approximate surface area is 185 Å². The number of benzene rings is 3. The molecule has 0 radical (unpaired) electrons. The molecule has 31 heavy (non-hydrogen) atoms. The number of para-hydroxylation sites is 3. The fourth-order valence-electron chi connectivity index (χ4n) is 3.80. The van der Waals surface area contributed by atoms with E-state index in [1.54, 1.807) is 11.8 Å². The van der Waals surface area contributed by atoms with E-state index in [2.05, 4.69) is 93.0 Å². The predicted octanol–water partition coefficient (Wildman–Crippen LogP) is 5.46. The van der Waals surface area contributed by atoms with Gasteiger partial charge in [0.2, 0.25) is 0 Å². The first kappa shape index (κ1) is 19.6. The second kappa shape index (κ2) is 8.78. The van der Waals surface area contributed by atoms with Crippen molar-refractivity contribution < 1.29 is 0 Å². The van der Waals surface area contributed by atoms with E-state index in [1.807, 2.05) is 18.2 Å². The Kier molecular flexibility index (Phi) is 5.54. The van der Waals surface area contributed by atoms with Gasteiger partial charge in [-0.15, -0.1) is 10.2 Å². The molecule has 0 aliphatic heterocycles. The molecule has 5 nitrogen and oxygen atoms in total. The van der Waals surface area contributed by atoms with Gasteiger partial charge >= 0.3 is 0 Å². The topological polar surface area (TPSA) is 48.5 Å². The lowest BCUT2D eigenvalue weighted by atomic mass is 10.2. The van der Waals surface area contributed by atoms with Gasteiger partial charge in [0.05, 0.1) is 11.0 Å². The quantitative estimate of drug-likeness (QED) is 0.325. The molecule has 0 aliphatic rings. The van der Waals surface area contributed by atoms with Crippen molar-refractivity contribution >= 4 is 22.8 Å². The Hall–Kier alpha value is -3.38. The molecule has 154 valence electrons. The molecule has 0 amide bonds. The van der Waals surface area contributed by atoms with E-state index < -0.39 is 0 Å². The van der Waals surface area contributed by atoms with Crippen LogP contribution in [0.2, 0.25) is 0 Å². The van der Waals surface area contributed by atoms with Gasteiger partial charge in [-0.05, 0) is 36.8 Å². The maximum Gasteiger partial charge on any atom is 0.196 e. The minimum Gasteiger partial charge on any atom is -0.328 e. The van der Waals surface area contributed by atoms with Crippen LogP contribution in [-0.2, 0) is 18.7 Å². The molecule has 2 heterocycles. The number of rotatable bonds is 7. The van der Waals surface area contributed by atoms with E-state index in [0.717, 1.165) is 52.2 Å². The highest BCUT2D eigenvalue weighted by atomic mass is 32.2. The lowest BCUT2D eigenvalue weighted by Gasteiger charge is -2.11. The number of fused-ring (bicyclic) bond motifs is 1. The molecule has 0 atom stereocenters. The smallest absolute Gasteiger partial charge is 0.196 e. The minimum absolute atomic E-state index is 0.773. The average molecular weight is 426 g/mol. The van der Waals surface area contributed by atoms with Crippen LogP contribution in [0.1, 0.15) is 17.2 Å². The first-order valence-electron chi connectivity index (χ1n) is 10.4. The molecular weight excluding hydrogens is 402 g/mol. The maximum atomic E-state index is 4.69. The fraction of sp³-hybridized carbons (Fsp3) is 0.160. The molecule has 0 saturated heterocycles. The minimum atomic E-state index is 0.773. The number of aromatic nitrogens is 5. The first-order valence-corrected chi connectivity index (χ1v) is 11.4. The number of imidazole rings is 1. The Balaban J connectivity index is 1.44. The fourth-order valence-corrected chi connectivity index (χ4v) is 4.73. The van der Waals surface area contributed by atoms with Crippen LogP contribution in [0.4, 0.5) is 0 Å². The largest absolute Gasteiger partial charge is 0.328 e. The summed E-state index contributed by atoms with van der Waals surface area (Å²) in [7, 11) is 0.